The topological polar surface area (TPSA) is 90.3 Å². The summed E-state index contributed by atoms with van der Waals surface area (Å²) in [4.78, 5) is 27.4. The lowest BCUT2D eigenvalue weighted by Crippen LogP contribution is -2.50. The van der Waals surface area contributed by atoms with E-state index >= 15 is 0 Å². The van der Waals surface area contributed by atoms with Gasteiger partial charge in [-0.05, 0) is 25.0 Å². The number of hydrogen-bond acceptors (Lipinski definition) is 6. The molecule has 0 amide bonds. The Hall–Kier alpha value is -2.38. The minimum atomic E-state index is -1.19. The maximum absolute atomic E-state index is 12.1. The summed E-state index contributed by atoms with van der Waals surface area (Å²) in [6, 6.07) is 10.3. The van der Waals surface area contributed by atoms with E-state index in [0.29, 0.717) is 6.54 Å². The normalized spacial score (nSPS) is 28.6. The van der Waals surface area contributed by atoms with E-state index in [1.54, 1.807) is 0 Å². The van der Waals surface area contributed by atoms with Gasteiger partial charge in [-0.1, -0.05) is 37.5 Å². The van der Waals surface area contributed by atoms with Gasteiger partial charge in [-0.25, -0.2) is 9.59 Å². The van der Waals surface area contributed by atoms with Gasteiger partial charge in [-0.2, -0.15) is 0 Å². The molecule has 2 saturated carbocycles. The number of carbonyl (C=O) groups is 2. The predicted molar refractivity (Wildman–Crippen MR) is 112 cm³/mol. The summed E-state index contributed by atoms with van der Waals surface area (Å²) in [6.45, 7) is 3.94. The van der Waals surface area contributed by atoms with Gasteiger partial charge in [-0.15, -0.1) is 0 Å². The Labute approximate surface area is 176 Å². The van der Waals surface area contributed by atoms with Crippen molar-refractivity contribution in [2.24, 2.45) is 5.41 Å². The number of para-hydroxylation sites is 1. The number of carboxylic acid groups (broad SMARTS) is 1. The van der Waals surface area contributed by atoms with Crippen LogP contribution in [0.5, 0.6) is 0 Å². The van der Waals surface area contributed by atoms with Crippen molar-refractivity contribution in [2.45, 2.75) is 43.8 Å². The summed E-state index contributed by atoms with van der Waals surface area (Å²) in [5.74, 6) is -1.89. The molecule has 1 spiro atoms. The van der Waals surface area contributed by atoms with E-state index < -0.39 is 29.1 Å². The van der Waals surface area contributed by atoms with Crippen molar-refractivity contribution in [1.82, 2.24) is 4.90 Å². The van der Waals surface area contributed by atoms with Gasteiger partial charge < -0.3 is 19.8 Å². The second-order valence-electron chi connectivity index (χ2n) is 8.73. The molecule has 1 aromatic rings. The number of hydrogen-bond donors (Lipinski definition) is 2. The lowest BCUT2D eigenvalue weighted by molar-refractivity contribution is -0.143. The fourth-order valence-corrected chi connectivity index (χ4v) is 5.37. The molecule has 1 unspecified atom stereocenters. The fraction of sp³-hybridized carbons (Fsp3) is 0.565. The second-order valence-corrected chi connectivity index (χ2v) is 8.73. The molecule has 7 heteroatoms. The van der Waals surface area contributed by atoms with Crippen molar-refractivity contribution in [1.29, 1.82) is 0 Å². The number of nitrogens with zero attached hydrogens (tertiary/aromatic N) is 2. The fourth-order valence-electron chi connectivity index (χ4n) is 5.37. The molecule has 30 heavy (non-hydrogen) atoms. The molecular formula is C23H30N2O5. The van der Waals surface area contributed by atoms with E-state index in [4.69, 9.17) is 9.84 Å². The minimum absolute atomic E-state index is 0.394. The Morgan fingerprint density at radius 1 is 1.03 bits per heavy atom. The Morgan fingerprint density at radius 2 is 1.70 bits per heavy atom. The lowest BCUT2D eigenvalue weighted by Gasteiger charge is -2.38. The first-order chi connectivity index (χ1) is 14.4. The van der Waals surface area contributed by atoms with E-state index in [1.807, 2.05) is 18.2 Å². The number of anilines is 1. The molecule has 3 fully saturated rings. The molecule has 1 aromatic carbocycles. The molecule has 2 atom stereocenters. The van der Waals surface area contributed by atoms with Crippen molar-refractivity contribution in [3.05, 3.63) is 42.5 Å². The number of piperazine rings is 1. The highest BCUT2D eigenvalue weighted by Gasteiger charge is 2.78. The van der Waals surface area contributed by atoms with Crippen LogP contribution in [0.1, 0.15) is 32.1 Å². The SMILES string of the molecule is O=C(O)/C=C\C(=O)OC1C2(CCCCC2)[C@]1(O)CN1CCN(c2ccccc2)CC1. The van der Waals surface area contributed by atoms with Gasteiger partial charge in [0.25, 0.3) is 0 Å². The standard InChI is InChI=1S/C23H30N2O5/c26-19(27)9-10-20(28)30-21-22(11-5-2-6-12-22)23(21,29)17-24-13-15-25(16-14-24)18-7-3-1-4-8-18/h1,3-4,7-10,21,29H,2,5-6,11-17H2,(H,26,27)/b10-9-/t21?,23-/m0/s1. The van der Waals surface area contributed by atoms with Gasteiger partial charge in [0.15, 0.2) is 0 Å². The van der Waals surface area contributed by atoms with Crippen molar-refractivity contribution >= 4 is 17.6 Å². The highest BCUT2D eigenvalue weighted by atomic mass is 16.6. The van der Waals surface area contributed by atoms with Gasteiger partial charge in [0, 0.05) is 56.0 Å². The molecule has 2 N–H and O–H groups in total. The van der Waals surface area contributed by atoms with Crippen LogP contribution in [0.25, 0.3) is 0 Å². The van der Waals surface area contributed by atoms with E-state index in [1.165, 1.54) is 5.69 Å². The molecule has 4 rings (SSSR count). The highest BCUT2D eigenvalue weighted by molar-refractivity contribution is 5.91. The predicted octanol–water partition coefficient (Wildman–Crippen LogP) is 2.06. The van der Waals surface area contributed by atoms with E-state index in [-0.39, 0.29) is 0 Å². The number of carbonyl (C=O) groups excluding carboxylic acids is 1. The van der Waals surface area contributed by atoms with Gasteiger partial charge >= 0.3 is 11.9 Å². The summed E-state index contributed by atoms with van der Waals surface area (Å²) >= 11 is 0. The second kappa shape index (κ2) is 8.40. The van der Waals surface area contributed by atoms with Crippen LogP contribution in [0.3, 0.4) is 0 Å². The molecule has 3 aliphatic rings. The van der Waals surface area contributed by atoms with Gasteiger partial charge in [0.1, 0.15) is 11.7 Å². The largest absolute Gasteiger partial charge is 0.478 e. The third-order valence-corrected chi connectivity index (χ3v) is 7.01. The molecule has 1 heterocycles. The maximum Gasteiger partial charge on any atom is 0.331 e. The molecule has 0 aromatic heterocycles. The first-order valence-corrected chi connectivity index (χ1v) is 10.8. The number of benzene rings is 1. The van der Waals surface area contributed by atoms with Crippen LogP contribution in [0.15, 0.2) is 42.5 Å². The molecule has 1 saturated heterocycles. The monoisotopic (exact) mass is 414 g/mol. The van der Waals surface area contributed by atoms with Crippen LogP contribution >= 0.6 is 0 Å². The van der Waals surface area contributed by atoms with Crippen molar-refractivity contribution in [3.8, 4) is 0 Å². The number of ether oxygens (including phenoxy) is 1. The van der Waals surface area contributed by atoms with Gasteiger partial charge in [0.2, 0.25) is 0 Å². The summed E-state index contributed by atoms with van der Waals surface area (Å²) < 4.78 is 5.58. The zero-order valence-electron chi connectivity index (χ0n) is 17.2. The summed E-state index contributed by atoms with van der Waals surface area (Å²) in [7, 11) is 0. The third-order valence-electron chi connectivity index (χ3n) is 7.01. The summed E-state index contributed by atoms with van der Waals surface area (Å²) in [6.07, 6.45) is 5.99. The molecule has 1 aliphatic heterocycles. The number of esters is 1. The van der Waals surface area contributed by atoms with Crippen LogP contribution < -0.4 is 4.90 Å². The number of aliphatic hydroxyl groups is 1. The first kappa shape index (κ1) is 20.9. The van der Waals surface area contributed by atoms with Crippen molar-refractivity contribution < 1.29 is 24.5 Å². The number of rotatable bonds is 6. The van der Waals surface area contributed by atoms with E-state index in [0.717, 1.165) is 70.4 Å². The van der Waals surface area contributed by atoms with E-state index in [2.05, 4.69) is 21.9 Å². The Kier molecular flexibility index (Phi) is 5.84. The molecular weight excluding hydrogens is 384 g/mol. The smallest absolute Gasteiger partial charge is 0.331 e. The van der Waals surface area contributed by atoms with Gasteiger partial charge in [0.05, 0.1) is 0 Å². The lowest BCUT2D eigenvalue weighted by atomic mass is 9.83. The van der Waals surface area contributed by atoms with Crippen LogP contribution in [0.4, 0.5) is 5.69 Å². The number of β-amino-alcohol motifs (C(OH)–C–C–N with tert-alkyl or cyclic N) is 1. The highest BCUT2D eigenvalue weighted by Crippen LogP contribution is 2.66. The van der Waals surface area contributed by atoms with Crippen molar-refractivity contribution in [2.75, 3.05) is 37.6 Å². The van der Waals surface area contributed by atoms with E-state index in [9.17, 15) is 14.7 Å². The zero-order chi connectivity index (χ0) is 21.2. The minimum Gasteiger partial charge on any atom is -0.478 e. The van der Waals surface area contributed by atoms with Gasteiger partial charge in [-0.3, -0.25) is 4.90 Å². The average Bonchev–Trinajstić information content (AvgIpc) is 3.21. The van der Waals surface area contributed by atoms with Crippen molar-refractivity contribution in [3.63, 3.8) is 0 Å². The van der Waals surface area contributed by atoms with Crippen LogP contribution in [-0.4, -0.2) is 71.5 Å². The van der Waals surface area contributed by atoms with Crippen LogP contribution in [0, 0.1) is 5.41 Å². The first-order valence-electron chi connectivity index (χ1n) is 10.8. The molecule has 7 nitrogen and oxygen atoms in total. The molecule has 0 radical (unpaired) electrons. The molecule has 2 aliphatic carbocycles. The Morgan fingerprint density at radius 3 is 2.33 bits per heavy atom. The van der Waals surface area contributed by atoms with Crippen LogP contribution in [-0.2, 0) is 14.3 Å². The Bertz CT molecular complexity index is 797. The van der Waals surface area contributed by atoms with Crippen LogP contribution in [0.2, 0.25) is 0 Å². The Balaban J connectivity index is 1.40. The number of carboxylic acids is 1. The summed E-state index contributed by atoms with van der Waals surface area (Å²) in [5.41, 5.74) is -0.244. The molecule has 162 valence electrons. The number of aliphatic carboxylic acids is 1. The molecule has 0 bridgehead atoms. The average molecular weight is 415 g/mol. The maximum atomic E-state index is 12.1. The summed E-state index contributed by atoms with van der Waals surface area (Å²) in [5, 5.41) is 20.3. The third kappa shape index (κ3) is 3.96. The zero-order valence-corrected chi connectivity index (χ0v) is 17.2. The quantitative estimate of drug-likeness (QED) is 0.544.